The van der Waals surface area contributed by atoms with Gasteiger partial charge in [-0.2, -0.15) is 0 Å². The molecule has 0 unspecified atom stereocenters. The molecule has 6 rings (SSSR count). The second kappa shape index (κ2) is 6.47. The summed E-state index contributed by atoms with van der Waals surface area (Å²) < 4.78 is 4.95. The molecule has 0 radical (unpaired) electrons. The highest BCUT2D eigenvalue weighted by atomic mass is 15.0. The normalized spacial score (nSPS) is 13.1. The molecule has 33 heavy (non-hydrogen) atoms. The maximum Gasteiger partial charge on any atom is 0.224 e. The first-order chi connectivity index (χ1) is 15.6. The standard InChI is InChI=1S/C31H33N2/c1-17(2)22-16-20-13-14-32(8)29-25-19(4)18(3)15-23(31(5,6)7)28(25)33-24-12-10-9-11-21(24)27(22)30(33)26(20)29/h9-17H,1-8H3/q+1. The van der Waals surface area contributed by atoms with Crippen molar-refractivity contribution in [2.45, 2.75) is 59.8 Å². The van der Waals surface area contributed by atoms with Crippen molar-refractivity contribution < 1.29 is 4.57 Å². The van der Waals surface area contributed by atoms with Gasteiger partial charge in [0.2, 0.25) is 5.52 Å². The molecule has 3 aromatic heterocycles. The molecule has 0 atom stereocenters. The zero-order valence-corrected chi connectivity index (χ0v) is 21.1. The van der Waals surface area contributed by atoms with Gasteiger partial charge in [0.25, 0.3) is 0 Å². The molecule has 6 aromatic rings. The Bertz CT molecular complexity index is 1740. The molecule has 0 aliphatic rings. The summed E-state index contributed by atoms with van der Waals surface area (Å²) in [5, 5.41) is 6.90. The third-order valence-electron chi connectivity index (χ3n) is 7.78. The summed E-state index contributed by atoms with van der Waals surface area (Å²) in [6, 6.07) is 16.2. The van der Waals surface area contributed by atoms with E-state index in [1.807, 2.05) is 0 Å². The molecular weight excluding hydrogens is 400 g/mol. The van der Waals surface area contributed by atoms with E-state index < -0.39 is 0 Å². The van der Waals surface area contributed by atoms with Gasteiger partial charge in [-0.05, 0) is 65.0 Å². The number of nitrogens with zero attached hydrogens (tertiary/aromatic N) is 2. The van der Waals surface area contributed by atoms with Crippen LogP contribution < -0.4 is 4.57 Å². The van der Waals surface area contributed by atoms with Gasteiger partial charge in [-0.1, -0.05) is 58.9 Å². The van der Waals surface area contributed by atoms with E-state index in [9.17, 15) is 0 Å². The fourth-order valence-electron chi connectivity index (χ4n) is 6.03. The van der Waals surface area contributed by atoms with Crippen molar-refractivity contribution in [3.8, 4) is 0 Å². The third-order valence-corrected chi connectivity index (χ3v) is 7.78. The fraction of sp³-hybridized carbons (Fsp3) is 0.323. The zero-order valence-electron chi connectivity index (χ0n) is 21.1. The van der Waals surface area contributed by atoms with E-state index in [0.717, 1.165) is 0 Å². The molecule has 2 nitrogen and oxygen atoms in total. The Morgan fingerprint density at radius 2 is 1.61 bits per heavy atom. The first-order valence-electron chi connectivity index (χ1n) is 12.1. The molecule has 2 heteroatoms. The number of fused-ring (bicyclic) bond motifs is 6. The average molecular weight is 434 g/mol. The fourth-order valence-corrected chi connectivity index (χ4v) is 6.03. The Kier molecular flexibility index (Phi) is 4.01. The quantitative estimate of drug-likeness (QED) is 0.142. The van der Waals surface area contributed by atoms with E-state index in [4.69, 9.17) is 0 Å². The predicted molar refractivity (Wildman–Crippen MR) is 142 cm³/mol. The summed E-state index contributed by atoms with van der Waals surface area (Å²) in [4.78, 5) is 0. The highest BCUT2D eigenvalue weighted by Gasteiger charge is 2.30. The van der Waals surface area contributed by atoms with Gasteiger partial charge in [0.15, 0.2) is 6.20 Å². The molecule has 0 spiro atoms. The molecule has 166 valence electrons. The van der Waals surface area contributed by atoms with E-state index in [1.165, 1.54) is 71.3 Å². The molecule has 0 aliphatic heterocycles. The van der Waals surface area contributed by atoms with Crippen molar-refractivity contribution in [3.05, 3.63) is 70.9 Å². The van der Waals surface area contributed by atoms with Gasteiger partial charge in [0, 0.05) is 16.8 Å². The maximum atomic E-state index is 2.61. The van der Waals surface area contributed by atoms with Gasteiger partial charge >= 0.3 is 0 Å². The molecule has 3 aromatic carbocycles. The highest BCUT2D eigenvalue weighted by Crippen LogP contribution is 2.46. The minimum atomic E-state index is 0.0276. The summed E-state index contributed by atoms with van der Waals surface area (Å²) in [5.74, 6) is 0.453. The number of rotatable bonds is 1. The first-order valence-corrected chi connectivity index (χ1v) is 12.1. The van der Waals surface area contributed by atoms with Crippen LogP contribution in [0, 0.1) is 13.8 Å². The SMILES string of the molecule is Cc1cc(C(C)(C)C)c2c(c1C)c1c3c(cc[n+]1C)cc(C(C)C)c1c4ccccc4n2c13. The van der Waals surface area contributed by atoms with Crippen LogP contribution in [-0.2, 0) is 12.5 Å². The lowest BCUT2D eigenvalue weighted by atomic mass is 9.82. The van der Waals surface area contributed by atoms with Crippen molar-refractivity contribution in [2.75, 3.05) is 0 Å². The summed E-state index contributed by atoms with van der Waals surface area (Å²) >= 11 is 0. The van der Waals surface area contributed by atoms with E-state index in [1.54, 1.807) is 0 Å². The van der Waals surface area contributed by atoms with Crippen LogP contribution in [0.5, 0.6) is 0 Å². The van der Waals surface area contributed by atoms with Gasteiger partial charge in [0.05, 0.1) is 27.3 Å². The Morgan fingerprint density at radius 3 is 2.30 bits per heavy atom. The molecule has 0 aliphatic carbocycles. The molecule has 0 saturated heterocycles. The number of aryl methyl sites for hydroxylation is 3. The summed E-state index contributed by atoms with van der Waals surface area (Å²) in [7, 11) is 2.21. The van der Waals surface area contributed by atoms with Crippen molar-refractivity contribution >= 4 is 49.0 Å². The van der Waals surface area contributed by atoms with Crippen LogP contribution >= 0.6 is 0 Å². The average Bonchev–Trinajstić information content (AvgIpc) is 3.10. The van der Waals surface area contributed by atoms with Crippen LogP contribution in [0.1, 0.15) is 62.8 Å². The predicted octanol–water partition coefficient (Wildman–Crippen LogP) is 7.85. The first kappa shape index (κ1) is 20.5. The smallest absolute Gasteiger partial charge is 0.224 e. The number of pyridine rings is 2. The number of hydrogen-bond acceptors (Lipinski definition) is 0. The zero-order chi connectivity index (χ0) is 23.4. The second-order valence-corrected chi connectivity index (χ2v) is 11.3. The van der Waals surface area contributed by atoms with Gasteiger partial charge in [0.1, 0.15) is 7.05 Å². The molecule has 0 saturated carbocycles. The van der Waals surface area contributed by atoms with Gasteiger partial charge < -0.3 is 4.40 Å². The number of aromatic nitrogens is 2. The Hall–Kier alpha value is -3.13. The Balaban J connectivity index is 2.14. The number of benzene rings is 3. The van der Waals surface area contributed by atoms with Crippen molar-refractivity contribution in [2.24, 2.45) is 7.05 Å². The topological polar surface area (TPSA) is 8.29 Å². The lowest BCUT2D eigenvalue weighted by Gasteiger charge is -2.25. The third kappa shape index (κ3) is 2.52. The van der Waals surface area contributed by atoms with Crippen LogP contribution in [0.4, 0.5) is 0 Å². The summed E-state index contributed by atoms with van der Waals surface area (Å²) in [5.41, 5.74) is 11.0. The van der Waals surface area contributed by atoms with Gasteiger partial charge in [-0.25, -0.2) is 4.57 Å². The van der Waals surface area contributed by atoms with E-state index in [0.29, 0.717) is 5.92 Å². The van der Waals surface area contributed by atoms with Crippen molar-refractivity contribution in [3.63, 3.8) is 0 Å². The minimum absolute atomic E-state index is 0.0276. The van der Waals surface area contributed by atoms with Crippen molar-refractivity contribution in [1.82, 2.24) is 4.40 Å². The monoisotopic (exact) mass is 433 g/mol. The van der Waals surface area contributed by atoms with E-state index in [-0.39, 0.29) is 5.41 Å². The molecule has 0 bridgehead atoms. The lowest BCUT2D eigenvalue weighted by Crippen LogP contribution is -2.29. The maximum absolute atomic E-state index is 2.61. The van der Waals surface area contributed by atoms with E-state index >= 15 is 0 Å². The molecule has 3 heterocycles. The molecular formula is C31H33N2+. The molecule has 0 amide bonds. The van der Waals surface area contributed by atoms with E-state index in [2.05, 4.69) is 113 Å². The van der Waals surface area contributed by atoms with Gasteiger partial charge in [-0.3, -0.25) is 0 Å². The van der Waals surface area contributed by atoms with Crippen LogP contribution in [0.15, 0.2) is 48.7 Å². The number of hydrogen-bond donors (Lipinski definition) is 0. The van der Waals surface area contributed by atoms with Crippen LogP contribution in [0.2, 0.25) is 0 Å². The van der Waals surface area contributed by atoms with Crippen molar-refractivity contribution in [1.29, 1.82) is 0 Å². The van der Waals surface area contributed by atoms with Crippen LogP contribution in [0.25, 0.3) is 49.0 Å². The second-order valence-electron chi connectivity index (χ2n) is 11.3. The largest absolute Gasteiger partial charge is 0.307 e. The lowest BCUT2D eigenvalue weighted by molar-refractivity contribution is -0.643. The highest BCUT2D eigenvalue weighted by molar-refractivity contribution is 6.28. The number of para-hydroxylation sites is 1. The van der Waals surface area contributed by atoms with Crippen LogP contribution in [-0.4, -0.2) is 4.40 Å². The summed E-state index contributed by atoms with van der Waals surface area (Å²) in [6.45, 7) is 16.3. The van der Waals surface area contributed by atoms with Gasteiger partial charge in [-0.15, -0.1) is 0 Å². The summed E-state index contributed by atoms with van der Waals surface area (Å²) in [6.07, 6.45) is 2.24. The molecule has 0 N–H and O–H groups in total. The molecule has 0 fully saturated rings. The minimum Gasteiger partial charge on any atom is -0.307 e. The van der Waals surface area contributed by atoms with Crippen LogP contribution in [0.3, 0.4) is 0 Å². The Morgan fingerprint density at radius 1 is 0.879 bits per heavy atom. The Labute approximate surface area is 195 Å².